The first-order valence-corrected chi connectivity index (χ1v) is 9.59. The van der Waals surface area contributed by atoms with Gasteiger partial charge in [0, 0.05) is 24.9 Å². The van der Waals surface area contributed by atoms with Gasteiger partial charge in [-0.3, -0.25) is 0 Å². The molecule has 2 N–H and O–H groups in total. The van der Waals surface area contributed by atoms with Crippen LogP contribution in [0.3, 0.4) is 0 Å². The lowest BCUT2D eigenvalue weighted by molar-refractivity contribution is 0.401. The maximum atomic E-state index is 4.78. The van der Waals surface area contributed by atoms with E-state index in [-0.39, 0.29) is 0 Å². The molecule has 1 aromatic rings. The lowest BCUT2D eigenvalue weighted by Crippen LogP contribution is -2.40. The van der Waals surface area contributed by atoms with Crippen molar-refractivity contribution in [3.63, 3.8) is 0 Å². The van der Waals surface area contributed by atoms with E-state index in [0.717, 1.165) is 37.4 Å². The average Bonchev–Trinajstić information content (AvgIpc) is 3.04. The van der Waals surface area contributed by atoms with Gasteiger partial charge < -0.3 is 15.5 Å². The fraction of sp³-hybridized carbons (Fsp3) is 0.611. The molecule has 2 rings (SSSR count). The molecule has 0 radical (unpaired) electrons. The largest absolute Gasteiger partial charge is 0.357 e. The molecule has 1 aliphatic rings. The van der Waals surface area contributed by atoms with Crippen LogP contribution in [0.15, 0.2) is 29.3 Å². The van der Waals surface area contributed by atoms with Gasteiger partial charge in [0.15, 0.2) is 5.96 Å². The summed E-state index contributed by atoms with van der Waals surface area (Å²) >= 11 is 2.08. The second-order valence-electron chi connectivity index (χ2n) is 6.22. The number of hydrogen-bond acceptors (Lipinski definition) is 3. The molecule has 4 nitrogen and oxygen atoms in total. The maximum Gasteiger partial charge on any atom is 0.191 e. The first-order valence-electron chi connectivity index (χ1n) is 8.54. The molecule has 1 atom stereocenters. The highest BCUT2D eigenvalue weighted by molar-refractivity contribution is 8.00. The van der Waals surface area contributed by atoms with E-state index in [4.69, 9.17) is 4.99 Å². The van der Waals surface area contributed by atoms with Gasteiger partial charge in [-0.2, -0.15) is 11.8 Å². The average molecular weight is 335 g/mol. The standard InChI is InChI=1S/C18H30N4S/c1-4-19-18(21-13-17-10-7-11-23-17)20-12-15-8-5-6-9-16(15)14-22(2)3/h5-6,8-9,17H,4,7,10-14H2,1-3H3,(H2,19,20,21). The van der Waals surface area contributed by atoms with Gasteiger partial charge in [-0.05, 0) is 50.7 Å². The summed E-state index contributed by atoms with van der Waals surface area (Å²) in [7, 11) is 4.20. The first-order chi connectivity index (χ1) is 11.2. The van der Waals surface area contributed by atoms with Crippen molar-refractivity contribution in [3.05, 3.63) is 35.4 Å². The monoisotopic (exact) mass is 334 g/mol. The molecule has 1 heterocycles. The number of nitrogens with zero attached hydrogens (tertiary/aromatic N) is 2. The molecule has 0 spiro atoms. The number of guanidine groups is 1. The minimum Gasteiger partial charge on any atom is -0.357 e. The second-order valence-corrected chi connectivity index (χ2v) is 7.63. The quantitative estimate of drug-likeness (QED) is 0.594. The van der Waals surface area contributed by atoms with Gasteiger partial charge in [-0.1, -0.05) is 24.3 Å². The molecule has 1 saturated heterocycles. The summed E-state index contributed by atoms with van der Waals surface area (Å²) in [6.45, 7) is 5.69. The minimum atomic E-state index is 0.719. The zero-order chi connectivity index (χ0) is 16.5. The van der Waals surface area contributed by atoms with Crippen molar-refractivity contribution in [2.75, 3.05) is 32.9 Å². The van der Waals surface area contributed by atoms with Crippen LogP contribution in [0.1, 0.15) is 30.9 Å². The van der Waals surface area contributed by atoms with Crippen molar-refractivity contribution in [2.45, 2.75) is 38.1 Å². The normalized spacial score (nSPS) is 18.4. The third-order valence-electron chi connectivity index (χ3n) is 3.88. The van der Waals surface area contributed by atoms with Crippen LogP contribution in [-0.4, -0.2) is 49.0 Å². The lowest BCUT2D eigenvalue weighted by atomic mass is 10.1. The molecule has 0 aromatic heterocycles. The highest BCUT2D eigenvalue weighted by Gasteiger charge is 2.15. The molecule has 0 aliphatic carbocycles. The predicted octanol–water partition coefficient (Wildman–Crippen LogP) is 2.70. The van der Waals surface area contributed by atoms with E-state index in [9.17, 15) is 0 Å². The molecule has 0 amide bonds. The van der Waals surface area contributed by atoms with E-state index in [0.29, 0.717) is 0 Å². The Bertz CT molecular complexity index is 496. The highest BCUT2D eigenvalue weighted by atomic mass is 32.2. The van der Waals surface area contributed by atoms with Crippen molar-refractivity contribution >= 4 is 17.7 Å². The maximum absolute atomic E-state index is 4.78. The number of nitrogens with one attached hydrogen (secondary N) is 2. The van der Waals surface area contributed by atoms with Crippen molar-refractivity contribution < 1.29 is 0 Å². The Balaban J connectivity index is 1.96. The Morgan fingerprint density at radius 1 is 1.26 bits per heavy atom. The Labute approximate surface area is 145 Å². The molecule has 1 aliphatic heterocycles. The van der Waals surface area contributed by atoms with E-state index >= 15 is 0 Å². The Kier molecular flexibility index (Phi) is 7.76. The Hall–Kier alpha value is -1.20. The van der Waals surface area contributed by atoms with Gasteiger partial charge in [-0.15, -0.1) is 0 Å². The molecule has 5 heteroatoms. The molecule has 1 unspecified atom stereocenters. The predicted molar refractivity (Wildman–Crippen MR) is 102 cm³/mol. The molecule has 128 valence electrons. The third-order valence-corrected chi connectivity index (χ3v) is 5.28. The summed E-state index contributed by atoms with van der Waals surface area (Å²) in [6, 6.07) is 8.57. The van der Waals surface area contributed by atoms with Crippen LogP contribution in [0.4, 0.5) is 0 Å². The Morgan fingerprint density at radius 3 is 2.70 bits per heavy atom. The first kappa shape index (κ1) is 18.1. The summed E-state index contributed by atoms with van der Waals surface area (Å²) in [6.07, 6.45) is 2.67. The van der Waals surface area contributed by atoms with Crippen LogP contribution in [0, 0.1) is 0 Å². The van der Waals surface area contributed by atoms with E-state index < -0.39 is 0 Å². The third kappa shape index (κ3) is 6.43. The summed E-state index contributed by atoms with van der Waals surface area (Å²) in [5.74, 6) is 2.23. The minimum absolute atomic E-state index is 0.719. The Morgan fingerprint density at radius 2 is 2.04 bits per heavy atom. The van der Waals surface area contributed by atoms with Gasteiger partial charge in [0.05, 0.1) is 6.54 Å². The SMILES string of the molecule is CCNC(=NCc1ccccc1CN(C)C)NCC1CCCS1. The number of thioether (sulfide) groups is 1. The molecule has 1 fully saturated rings. The number of rotatable bonds is 7. The zero-order valence-corrected chi connectivity index (χ0v) is 15.5. The van der Waals surface area contributed by atoms with Crippen molar-refractivity contribution in [2.24, 2.45) is 4.99 Å². The smallest absolute Gasteiger partial charge is 0.191 e. The van der Waals surface area contributed by atoms with Crippen LogP contribution in [0.5, 0.6) is 0 Å². The fourth-order valence-corrected chi connectivity index (χ4v) is 3.93. The molecule has 1 aromatic carbocycles. The number of aliphatic imine (C=N–C) groups is 1. The van der Waals surface area contributed by atoms with Crippen LogP contribution in [-0.2, 0) is 13.1 Å². The molecular formula is C18H30N4S. The van der Waals surface area contributed by atoms with Crippen molar-refractivity contribution in [3.8, 4) is 0 Å². The van der Waals surface area contributed by atoms with E-state index in [1.807, 2.05) is 0 Å². The van der Waals surface area contributed by atoms with Crippen LogP contribution >= 0.6 is 11.8 Å². The van der Waals surface area contributed by atoms with Gasteiger partial charge in [-0.25, -0.2) is 4.99 Å². The van der Waals surface area contributed by atoms with Crippen LogP contribution in [0.25, 0.3) is 0 Å². The summed E-state index contributed by atoms with van der Waals surface area (Å²) < 4.78 is 0. The van der Waals surface area contributed by atoms with E-state index in [1.54, 1.807) is 0 Å². The van der Waals surface area contributed by atoms with E-state index in [1.165, 1.54) is 29.7 Å². The molecule has 0 bridgehead atoms. The zero-order valence-electron chi connectivity index (χ0n) is 14.6. The van der Waals surface area contributed by atoms with Gasteiger partial charge >= 0.3 is 0 Å². The molecule has 0 saturated carbocycles. The summed E-state index contributed by atoms with van der Waals surface area (Å²) in [5.41, 5.74) is 2.65. The van der Waals surface area contributed by atoms with Gasteiger partial charge in [0.25, 0.3) is 0 Å². The van der Waals surface area contributed by atoms with Crippen molar-refractivity contribution in [1.29, 1.82) is 0 Å². The molecular weight excluding hydrogens is 304 g/mol. The van der Waals surface area contributed by atoms with E-state index in [2.05, 4.69) is 72.6 Å². The summed E-state index contributed by atoms with van der Waals surface area (Å²) in [5, 5.41) is 7.59. The van der Waals surface area contributed by atoms with Crippen LogP contribution < -0.4 is 10.6 Å². The lowest BCUT2D eigenvalue weighted by Gasteiger charge is -2.16. The number of hydrogen-bond donors (Lipinski definition) is 2. The van der Waals surface area contributed by atoms with Crippen molar-refractivity contribution in [1.82, 2.24) is 15.5 Å². The second kappa shape index (κ2) is 9.83. The van der Waals surface area contributed by atoms with Crippen LogP contribution in [0.2, 0.25) is 0 Å². The number of benzene rings is 1. The van der Waals surface area contributed by atoms with Gasteiger partial charge in [0.1, 0.15) is 0 Å². The summed E-state index contributed by atoms with van der Waals surface area (Å²) in [4.78, 5) is 6.98. The van der Waals surface area contributed by atoms with Gasteiger partial charge in [0.2, 0.25) is 0 Å². The topological polar surface area (TPSA) is 39.7 Å². The highest BCUT2D eigenvalue weighted by Crippen LogP contribution is 2.25. The molecule has 23 heavy (non-hydrogen) atoms. The fourth-order valence-electron chi connectivity index (χ4n) is 2.73.